The molecule has 4 heteroatoms. The zero-order valence-electron chi connectivity index (χ0n) is 11.4. The molecule has 0 aliphatic heterocycles. The van der Waals surface area contributed by atoms with Gasteiger partial charge in [0.1, 0.15) is 6.10 Å². The quantitative estimate of drug-likeness (QED) is 0.850. The van der Waals surface area contributed by atoms with Crippen LogP contribution in [0.1, 0.15) is 38.4 Å². The lowest BCUT2D eigenvalue weighted by atomic mass is 9.86. The van der Waals surface area contributed by atoms with Crippen LogP contribution in [0.15, 0.2) is 18.2 Å². The molecular weight excluding hydrogens is 235 g/mol. The third-order valence-corrected chi connectivity index (χ3v) is 3.61. The standard InChI is InChI=1S/C14H21FO3/c1-5-14(6-2,18-4)13(16)10-8-7-9-11(17-3)12(10)15/h7-9,13,16H,5-6H2,1-4H3. The summed E-state index contributed by atoms with van der Waals surface area (Å²) in [5, 5.41) is 10.4. The molecule has 0 aromatic heterocycles. The van der Waals surface area contributed by atoms with Crippen LogP contribution in [0.3, 0.4) is 0 Å². The van der Waals surface area contributed by atoms with E-state index in [1.54, 1.807) is 12.1 Å². The summed E-state index contributed by atoms with van der Waals surface area (Å²) < 4.78 is 24.5. The van der Waals surface area contributed by atoms with Crippen molar-refractivity contribution in [2.75, 3.05) is 14.2 Å². The van der Waals surface area contributed by atoms with Crippen molar-refractivity contribution in [2.45, 2.75) is 38.4 Å². The van der Waals surface area contributed by atoms with Gasteiger partial charge >= 0.3 is 0 Å². The second-order valence-electron chi connectivity index (χ2n) is 4.24. The second-order valence-corrected chi connectivity index (χ2v) is 4.24. The van der Waals surface area contributed by atoms with Gasteiger partial charge in [-0.3, -0.25) is 0 Å². The largest absolute Gasteiger partial charge is 0.494 e. The molecule has 0 spiro atoms. The first kappa shape index (κ1) is 14.9. The molecule has 102 valence electrons. The monoisotopic (exact) mass is 256 g/mol. The Morgan fingerprint density at radius 1 is 1.28 bits per heavy atom. The van der Waals surface area contributed by atoms with Gasteiger partial charge in [0.15, 0.2) is 11.6 Å². The molecule has 0 saturated heterocycles. The maximum Gasteiger partial charge on any atom is 0.170 e. The molecule has 0 bridgehead atoms. The molecule has 0 aliphatic rings. The molecule has 0 heterocycles. The van der Waals surface area contributed by atoms with Crippen molar-refractivity contribution in [1.82, 2.24) is 0 Å². The third-order valence-electron chi connectivity index (χ3n) is 3.61. The Morgan fingerprint density at radius 3 is 2.33 bits per heavy atom. The Morgan fingerprint density at radius 2 is 1.89 bits per heavy atom. The molecule has 0 amide bonds. The van der Waals surface area contributed by atoms with Crippen LogP contribution in [0.5, 0.6) is 5.75 Å². The fourth-order valence-corrected chi connectivity index (χ4v) is 2.22. The van der Waals surface area contributed by atoms with Gasteiger partial charge in [0.2, 0.25) is 0 Å². The van der Waals surface area contributed by atoms with Crippen LogP contribution in [0.2, 0.25) is 0 Å². The van der Waals surface area contributed by atoms with E-state index in [2.05, 4.69) is 0 Å². The summed E-state index contributed by atoms with van der Waals surface area (Å²) in [6, 6.07) is 4.74. The lowest BCUT2D eigenvalue weighted by molar-refractivity contribution is -0.111. The van der Waals surface area contributed by atoms with Crippen LogP contribution < -0.4 is 4.74 Å². The van der Waals surface area contributed by atoms with Crippen molar-refractivity contribution < 1.29 is 19.0 Å². The Balaban J connectivity index is 3.21. The molecule has 0 aliphatic carbocycles. The summed E-state index contributed by atoms with van der Waals surface area (Å²) >= 11 is 0. The average molecular weight is 256 g/mol. The number of aliphatic hydroxyl groups excluding tert-OH is 1. The Bertz CT molecular complexity index is 380. The van der Waals surface area contributed by atoms with Gasteiger partial charge in [0.25, 0.3) is 0 Å². The Hall–Kier alpha value is -1.13. The molecule has 0 radical (unpaired) electrons. The molecular formula is C14H21FO3. The lowest BCUT2D eigenvalue weighted by Crippen LogP contribution is -2.37. The highest BCUT2D eigenvalue weighted by molar-refractivity contribution is 5.33. The molecule has 1 rings (SSSR count). The predicted octanol–water partition coefficient (Wildman–Crippen LogP) is 3.07. The molecule has 1 unspecified atom stereocenters. The number of methoxy groups -OCH3 is 2. The lowest BCUT2D eigenvalue weighted by Gasteiger charge is -2.35. The van der Waals surface area contributed by atoms with E-state index < -0.39 is 17.5 Å². The number of rotatable bonds is 6. The van der Waals surface area contributed by atoms with E-state index in [-0.39, 0.29) is 11.3 Å². The molecule has 1 aromatic carbocycles. The van der Waals surface area contributed by atoms with Crippen LogP contribution in [-0.4, -0.2) is 24.9 Å². The summed E-state index contributed by atoms with van der Waals surface area (Å²) in [6.07, 6.45) is 0.169. The molecule has 18 heavy (non-hydrogen) atoms. The molecule has 1 atom stereocenters. The number of ether oxygens (including phenoxy) is 2. The first-order valence-corrected chi connectivity index (χ1v) is 6.11. The maximum absolute atomic E-state index is 14.1. The number of hydrogen-bond donors (Lipinski definition) is 1. The Labute approximate surface area is 108 Å². The SMILES string of the molecule is CCC(CC)(OC)C(O)c1cccc(OC)c1F. The van der Waals surface area contributed by atoms with Crippen molar-refractivity contribution in [3.63, 3.8) is 0 Å². The zero-order chi connectivity index (χ0) is 13.8. The molecule has 0 saturated carbocycles. The smallest absolute Gasteiger partial charge is 0.170 e. The van der Waals surface area contributed by atoms with Crippen molar-refractivity contribution >= 4 is 0 Å². The molecule has 1 aromatic rings. The minimum atomic E-state index is -1.02. The minimum absolute atomic E-state index is 0.128. The minimum Gasteiger partial charge on any atom is -0.494 e. The van der Waals surface area contributed by atoms with Gasteiger partial charge in [0, 0.05) is 12.7 Å². The fourth-order valence-electron chi connectivity index (χ4n) is 2.22. The first-order valence-electron chi connectivity index (χ1n) is 6.11. The van der Waals surface area contributed by atoms with Crippen molar-refractivity contribution in [3.05, 3.63) is 29.6 Å². The molecule has 3 nitrogen and oxygen atoms in total. The summed E-state index contributed by atoms with van der Waals surface area (Å²) in [6.45, 7) is 3.82. The highest BCUT2D eigenvalue weighted by atomic mass is 19.1. The Kier molecular flexibility index (Phi) is 5.11. The highest BCUT2D eigenvalue weighted by Gasteiger charge is 2.37. The van der Waals surface area contributed by atoms with E-state index in [0.717, 1.165) is 0 Å². The summed E-state index contributed by atoms with van der Waals surface area (Å²) in [4.78, 5) is 0. The summed E-state index contributed by atoms with van der Waals surface area (Å²) in [5.74, 6) is -0.403. The summed E-state index contributed by atoms with van der Waals surface area (Å²) in [7, 11) is 2.94. The summed E-state index contributed by atoms with van der Waals surface area (Å²) in [5.41, 5.74) is -0.562. The molecule has 0 fully saturated rings. The van der Waals surface area contributed by atoms with E-state index in [1.807, 2.05) is 13.8 Å². The van der Waals surface area contributed by atoms with E-state index in [9.17, 15) is 9.50 Å². The van der Waals surface area contributed by atoms with Crippen LogP contribution >= 0.6 is 0 Å². The van der Waals surface area contributed by atoms with Crippen molar-refractivity contribution in [2.24, 2.45) is 0 Å². The number of hydrogen-bond acceptors (Lipinski definition) is 3. The van der Waals surface area contributed by atoms with Gasteiger partial charge in [-0.05, 0) is 18.9 Å². The van der Waals surface area contributed by atoms with Crippen LogP contribution in [0, 0.1) is 5.82 Å². The van der Waals surface area contributed by atoms with E-state index in [0.29, 0.717) is 12.8 Å². The topological polar surface area (TPSA) is 38.7 Å². The maximum atomic E-state index is 14.1. The second kappa shape index (κ2) is 6.16. The van der Waals surface area contributed by atoms with Gasteiger partial charge in [-0.15, -0.1) is 0 Å². The normalized spacial score (nSPS) is 13.4. The highest BCUT2D eigenvalue weighted by Crippen LogP contribution is 2.37. The number of halogens is 1. The van der Waals surface area contributed by atoms with Gasteiger partial charge < -0.3 is 14.6 Å². The average Bonchev–Trinajstić information content (AvgIpc) is 2.41. The van der Waals surface area contributed by atoms with Gasteiger partial charge in [0.05, 0.1) is 12.7 Å². The van der Waals surface area contributed by atoms with Gasteiger partial charge in [-0.25, -0.2) is 4.39 Å². The predicted molar refractivity (Wildman–Crippen MR) is 68.2 cm³/mol. The fraction of sp³-hybridized carbons (Fsp3) is 0.571. The van der Waals surface area contributed by atoms with Gasteiger partial charge in [-0.1, -0.05) is 26.0 Å². The first-order chi connectivity index (χ1) is 8.56. The third kappa shape index (κ3) is 2.49. The zero-order valence-corrected chi connectivity index (χ0v) is 11.4. The van der Waals surface area contributed by atoms with Crippen LogP contribution in [0.25, 0.3) is 0 Å². The van der Waals surface area contributed by atoms with Crippen molar-refractivity contribution in [3.8, 4) is 5.75 Å². The van der Waals surface area contributed by atoms with Gasteiger partial charge in [-0.2, -0.15) is 0 Å². The molecule has 1 N–H and O–H groups in total. The van der Waals surface area contributed by atoms with E-state index in [1.165, 1.54) is 20.3 Å². The number of benzene rings is 1. The van der Waals surface area contributed by atoms with Crippen molar-refractivity contribution in [1.29, 1.82) is 0 Å². The van der Waals surface area contributed by atoms with Crippen LogP contribution in [-0.2, 0) is 4.74 Å². The van der Waals surface area contributed by atoms with E-state index in [4.69, 9.17) is 9.47 Å². The van der Waals surface area contributed by atoms with E-state index >= 15 is 0 Å². The van der Waals surface area contributed by atoms with Crippen LogP contribution in [0.4, 0.5) is 4.39 Å². The number of aliphatic hydroxyl groups is 1.